The molecule has 1 aromatic carbocycles. The predicted molar refractivity (Wildman–Crippen MR) is 146 cm³/mol. The van der Waals surface area contributed by atoms with E-state index in [9.17, 15) is 14.0 Å². The number of hydrogen-bond donors (Lipinski definition) is 2. The Bertz CT molecular complexity index is 1470. The number of piperidine rings is 1. The number of nitrogens with two attached hydrogens (primary N) is 1. The van der Waals surface area contributed by atoms with Crippen LogP contribution in [0, 0.1) is 5.82 Å². The zero-order chi connectivity index (χ0) is 27.4. The SMILES string of the molecule is NC1CN(c2cc3n4nc(cc4n2)C2CCCCN2C(=O)c2cc(F)ccc2OCC(=O)NCCN3C2CC2)C1. The molecule has 1 aliphatic carbocycles. The fourth-order valence-electron chi connectivity index (χ4n) is 6.01. The number of nitrogens with one attached hydrogen (secondary N) is 1. The van der Waals surface area contributed by atoms with E-state index in [2.05, 4.69) is 21.2 Å². The van der Waals surface area contributed by atoms with Crippen LogP contribution in [-0.4, -0.2) is 82.7 Å². The summed E-state index contributed by atoms with van der Waals surface area (Å²) in [6, 6.07) is 8.05. The van der Waals surface area contributed by atoms with Gasteiger partial charge in [0.25, 0.3) is 11.8 Å². The molecule has 1 unspecified atom stereocenters. The Labute approximate surface area is 231 Å². The van der Waals surface area contributed by atoms with E-state index in [1.165, 1.54) is 18.2 Å². The number of amides is 2. The maximum atomic E-state index is 14.3. The number of anilines is 2. The molecule has 5 heterocycles. The molecule has 2 amide bonds. The van der Waals surface area contributed by atoms with Crippen molar-refractivity contribution in [1.82, 2.24) is 24.8 Å². The molecule has 3 N–H and O–H groups in total. The first-order chi connectivity index (χ1) is 19.4. The van der Waals surface area contributed by atoms with Crippen LogP contribution in [0.1, 0.15) is 54.2 Å². The molecule has 210 valence electrons. The number of carbonyl (C=O) groups is 2. The van der Waals surface area contributed by atoms with Crippen molar-refractivity contribution in [2.75, 3.05) is 49.1 Å². The molecule has 0 radical (unpaired) electrons. The van der Waals surface area contributed by atoms with Gasteiger partial charge >= 0.3 is 0 Å². The number of nitrogens with zero attached hydrogens (tertiary/aromatic N) is 6. The second-order valence-corrected chi connectivity index (χ2v) is 11.2. The quantitative estimate of drug-likeness (QED) is 0.498. The molecule has 1 atom stereocenters. The van der Waals surface area contributed by atoms with Crippen LogP contribution in [0.5, 0.6) is 5.75 Å². The normalized spacial score (nSPS) is 22.6. The van der Waals surface area contributed by atoms with Crippen molar-refractivity contribution in [3.63, 3.8) is 0 Å². The number of fused-ring (bicyclic) bond motifs is 4. The largest absolute Gasteiger partial charge is 0.483 e. The van der Waals surface area contributed by atoms with E-state index in [1.54, 1.807) is 4.90 Å². The number of aromatic nitrogens is 3. The predicted octanol–water partition coefficient (Wildman–Crippen LogP) is 1.86. The van der Waals surface area contributed by atoms with Gasteiger partial charge in [-0.15, -0.1) is 0 Å². The first-order valence-corrected chi connectivity index (χ1v) is 14.1. The number of carbonyl (C=O) groups excluding carboxylic acids is 2. The molecule has 2 bridgehead atoms. The lowest BCUT2D eigenvalue weighted by atomic mass is 9.98. The van der Waals surface area contributed by atoms with Gasteiger partial charge in [-0.1, -0.05) is 0 Å². The Morgan fingerprint density at radius 2 is 1.88 bits per heavy atom. The Kier molecular flexibility index (Phi) is 6.21. The number of benzene rings is 1. The topological polar surface area (TPSA) is 121 Å². The highest BCUT2D eigenvalue weighted by atomic mass is 19.1. The fourth-order valence-corrected chi connectivity index (χ4v) is 6.01. The van der Waals surface area contributed by atoms with Crippen LogP contribution in [0.3, 0.4) is 0 Å². The summed E-state index contributed by atoms with van der Waals surface area (Å²) in [6.07, 6.45) is 4.65. The minimum absolute atomic E-state index is 0.102. The lowest BCUT2D eigenvalue weighted by Crippen LogP contribution is -2.56. The van der Waals surface area contributed by atoms with E-state index < -0.39 is 5.82 Å². The monoisotopic (exact) mass is 548 g/mol. The Morgan fingerprint density at radius 3 is 2.67 bits per heavy atom. The summed E-state index contributed by atoms with van der Waals surface area (Å²) in [5, 5.41) is 7.96. The fraction of sp³-hybridized carbons (Fsp3) is 0.500. The van der Waals surface area contributed by atoms with Crippen molar-refractivity contribution < 1.29 is 18.7 Å². The minimum atomic E-state index is -0.539. The third kappa shape index (κ3) is 4.59. The van der Waals surface area contributed by atoms with Crippen molar-refractivity contribution in [1.29, 1.82) is 0 Å². The van der Waals surface area contributed by atoms with Crippen LogP contribution in [0.25, 0.3) is 5.65 Å². The van der Waals surface area contributed by atoms with Gasteiger partial charge in [0, 0.05) is 56.9 Å². The third-order valence-corrected chi connectivity index (χ3v) is 8.24. The number of ether oxygens (including phenoxy) is 1. The molecule has 1 saturated carbocycles. The lowest BCUT2D eigenvalue weighted by Gasteiger charge is -2.38. The maximum Gasteiger partial charge on any atom is 0.258 e. The van der Waals surface area contributed by atoms with Gasteiger partial charge in [0.2, 0.25) is 0 Å². The average Bonchev–Trinajstić information content (AvgIpc) is 3.69. The molecule has 0 spiro atoms. The van der Waals surface area contributed by atoms with Crippen LogP contribution in [-0.2, 0) is 4.79 Å². The zero-order valence-electron chi connectivity index (χ0n) is 22.3. The molecule has 40 heavy (non-hydrogen) atoms. The maximum absolute atomic E-state index is 14.3. The van der Waals surface area contributed by atoms with Crippen molar-refractivity contribution in [2.45, 2.75) is 50.2 Å². The Hall–Kier alpha value is -3.93. The van der Waals surface area contributed by atoms with Gasteiger partial charge in [-0.05, 0) is 50.3 Å². The summed E-state index contributed by atoms with van der Waals surface area (Å²) in [6.45, 7) is 2.73. The third-order valence-electron chi connectivity index (χ3n) is 8.24. The first-order valence-electron chi connectivity index (χ1n) is 14.1. The van der Waals surface area contributed by atoms with Gasteiger partial charge < -0.3 is 30.5 Å². The minimum Gasteiger partial charge on any atom is -0.483 e. The van der Waals surface area contributed by atoms with Gasteiger partial charge in [0.1, 0.15) is 23.2 Å². The summed E-state index contributed by atoms with van der Waals surface area (Å²) in [7, 11) is 0. The average molecular weight is 549 g/mol. The molecule has 3 fully saturated rings. The van der Waals surface area contributed by atoms with E-state index in [-0.39, 0.29) is 41.8 Å². The van der Waals surface area contributed by atoms with Crippen LogP contribution in [0.15, 0.2) is 30.3 Å². The first kappa shape index (κ1) is 25.1. The van der Waals surface area contributed by atoms with Crippen molar-refractivity contribution >= 4 is 29.1 Å². The van der Waals surface area contributed by atoms with Gasteiger partial charge in [0.05, 0.1) is 17.3 Å². The molecule has 11 nitrogen and oxygen atoms in total. The Morgan fingerprint density at radius 1 is 1.02 bits per heavy atom. The van der Waals surface area contributed by atoms with Crippen molar-refractivity contribution in [3.05, 3.63) is 47.4 Å². The zero-order valence-corrected chi connectivity index (χ0v) is 22.3. The molecular formula is C28H33FN8O3. The van der Waals surface area contributed by atoms with E-state index in [0.717, 1.165) is 62.5 Å². The molecule has 7 rings (SSSR count). The number of halogens is 1. The van der Waals surface area contributed by atoms with E-state index in [0.29, 0.717) is 31.3 Å². The van der Waals surface area contributed by atoms with Crippen molar-refractivity contribution in [2.24, 2.45) is 5.73 Å². The molecule has 4 aliphatic rings. The second-order valence-electron chi connectivity index (χ2n) is 11.2. The summed E-state index contributed by atoms with van der Waals surface area (Å²) in [4.78, 5) is 37.7. The van der Waals surface area contributed by atoms with Gasteiger partial charge in [0.15, 0.2) is 12.3 Å². The number of hydrogen-bond acceptors (Lipinski definition) is 8. The standard InChI is InChI=1S/C28H33FN8O3/c29-17-4-7-23-20(11-17)28(39)36-9-2-1-3-22(36)21-12-25-32-24(34-14-18(30)15-34)13-27(37(25)33-21)35(19-5-6-19)10-8-31-26(38)16-40-23/h4,7,11-13,18-19,22H,1-3,5-6,8-10,14-16,30H2,(H,31,38). The van der Waals surface area contributed by atoms with E-state index >= 15 is 0 Å². The van der Waals surface area contributed by atoms with Gasteiger partial charge in [-0.25, -0.2) is 9.37 Å². The summed E-state index contributed by atoms with van der Waals surface area (Å²) in [5.41, 5.74) is 7.64. The van der Waals surface area contributed by atoms with E-state index in [1.807, 2.05) is 10.6 Å². The molecule has 2 aromatic heterocycles. The Balaban J connectivity index is 1.35. The van der Waals surface area contributed by atoms with Gasteiger partial charge in [-0.2, -0.15) is 9.61 Å². The van der Waals surface area contributed by atoms with Crippen LogP contribution in [0.2, 0.25) is 0 Å². The van der Waals surface area contributed by atoms with Crippen LogP contribution < -0.4 is 25.6 Å². The highest BCUT2D eigenvalue weighted by molar-refractivity contribution is 5.97. The molecule has 2 saturated heterocycles. The molecule has 12 heteroatoms. The molecule has 3 aliphatic heterocycles. The highest BCUT2D eigenvalue weighted by Crippen LogP contribution is 2.37. The molecule has 3 aromatic rings. The second kappa shape index (κ2) is 9.92. The lowest BCUT2D eigenvalue weighted by molar-refractivity contribution is -0.123. The van der Waals surface area contributed by atoms with E-state index in [4.69, 9.17) is 20.6 Å². The van der Waals surface area contributed by atoms with Gasteiger partial charge in [-0.3, -0.25) is 9.59 Å². The summed E-state index contributed by atoms with van der Waals surface area (Å²) >= 11 is 0. The van der Waals surface area contributed by atoms with Crippen molar-refractivity contribution in [3.8, 4) is 5.75 Å². The molecular weight excluding hydrogens is 515 g/mol. The van der Waals surface area contributed by atoms with Crippen LogP contribution >= 0.6 is 0 Å². The summed E-state index contributed by atoms with van der Waals surface area (Å²) < 4.78 is 22.0. The smallest absolute Gasteiger partial charge is 0.258 e. The summed E-state index contributed by atoms with van der Waals surface area (Å²) in [5.74, 6) is 0.757. The highest BCUT2D eigenvalue weighted by Gasteiger charge is 2.36. The van der Waals surface area contributed by atoms with Crippen LogP contribution in [0.4, 0.5) is 16.0 Å². The number of rotatable bonds is 2.